The van der Waals surface area contributed by atoms with Crippen molar-refractivity contribution in [3.63, 3.8) is 0 Å². The minimum absolute atomic E-state index is 0.0656. The summed E-state index contributed by atoms with van der Waals surface area (Å²) in [5.74, 6) is 0.649. The number of carbonyl (C=O) groups excluding carboxylic acids is 1. The van der Waals surface area contributed by atoms with E-state index < -0.39 is 0 Å². The number of aromatic amines is 1. The van der Waals surface area contributed by atoms with Gasteiger partial charge >= 0.3 is 6.03 Å². The fourth-order valence-corrected chi connectivity index (χ4v) is 3.84. The van der Waals surface area contributed by atoms with Gasteiger partial charge in [0.1, 0.15) is 5.82 Å². The Kier molecular flexibility index (Phi) is 6.59. The molecular weight excluding hydrogens is 394 g/mol. The van der Waals surface area contributed by atoms with E-state index in [0.717, 1.165) is 24.2 Å². The van der Waals surface area contributed by atoms with Crippen LogP contribution in [0.25, 0.3) is 10.9 Å². The fraction of sp³-hybridized carbons (Fsp3) is 0.348. The molecule has 2 heterocycles. The lowest BCUT2D eigenvalue weighted by Gasteiger charge is -2.34. The quantitative estimate of drug-likeness (QED) is 0.636. The molecule has 1 fully saturated rings. The normalized spacial score (nSPS) is 14.7. The van der Waals surface area contributed by atoms with Crippen LogP contribution in [0.15, 0.2) is 53.3 Å². The summed E-state index contributed by atoms with van der Waals surface area (Å²) in [4.78, 5) is 36.3. The van der Waals surface area contributed by atoms with E-state index in [1.165, 1.54) is 0 Å². The monoisotopic (exact) mass is 421 g/mol. The number of fused-ring (bicyclic) bond motifs is 1. The number of methoxy groups -OCH3 is 1. The van der Waals surface area contributed by atoms with Crippen molar-refractivity contribution in [2.24, 2.45) is 0 Å². The lowest BCUT2D eigenvalue weighted by atomic mass is 10.1. The molecule has 0 saturated carbocycles. The van der Waals surface area contributed by atoms with Crippen LogP contribution in [0, 0.1) is 0 Å². The Labute approximate surface area is 180 Å². The fourth-order valence-electron chi connectivity index (χ4n) is 3.84. The standard InChI is InChI=1S/C23H27N5O3/c1-31-16-18-7-3-2-6-17(18)14-24-23(30)28-12-10-27(11-13-28)15-21-25-20-9-5-4-8-19(20)22(29)26-21/h2-9H,10-16H2,1H3,(H,24,30)(H,25,26,29). The smallest absolute Gasteiger partial charge is 0.317 e. The summed E-state index contributed by atoms with van der Waals surface area (Å²) < 4.78 is 5.23. The summed E-state index contributed by atoms with van der Waals surface area (Å²) in [6, 6.07) is 15.2. The highest BCUT2D eigenvalue weighted by molar-refractivity contribution is 5.77. The van der Waals surface area contributed by atoms with Crippen LogP contribution in [0.5, 0.6) is 0 Å². The molecule has 1 aromatic heterocycles. The molecule has 4 rings (SSSR count). The molecule has 1 aliphatic heterocycles. The molecule has 0 bridgehead atoms. The first-order valence-corrected chi connectivity index (χ1v) is 10.4. The average molecular weight is 422 g/mol. The lowest BCUT2D eigenvalue weighted by molar-refractivity contribution is 0.133. The number of carbonyl (C=O) groups is 1. The maximum absolute atomic E-state index is 12.6. The van der Waals surface area contributed by atoms with Gasteiger partial charge in [0, 0.05) is 39.8 Å². The van der Waals surface area contributed by atoms with Crippen molar-refractivity contribution < 1.29 is 9.53 Å². The highest BCUT2D eigenvalue weighted by atomic mass is 16.5. The molecular formula is C23H27N5O3. The van der Waals surface area contributed by atoms with Gasteiger partial charge in [-0.3, -0.25) is 9.69 Å². The van der Waals surface area contributed by atoms with Crippen LogP contribution in [0.3, 0.4) is 0 Å². The van der Waals surface area contributed by atoms with Crippen LogP contribution in [0.4, 0.5) is 4.79 Å². The molecule has 2 amide bonds. The summed E-state index contributed by atoms with van der Waals surface area (Å²) in [6.45, 7) is 4.26. The van der Waals surface area contributed by atoms with Gasteiger partial charge in [0.05, 0.1) is 24.1 Å². The number of hydrogen-bond acceptors (Lipinski definition) is 5. The topological polar surface area (TPSA) is 90.6 Å². The van der Waals surface area contributed by atoms with E-state index in [2.05, 4.69) is 20.2 Å². The molecule has 31 heavy (non-hydrogen) atoms. The molecule has 162 valence electrons. The number of ether oxygens (including phenoxy) is 1. The molecule has 1 saturated heterocycles. The van der Waals surface area contributed by atoms with Gasteiger partial charge in [0.15, 0.2) is 0 Å². The largest absolute Gasteiger partial charge is 0.380 e. The van der Waals surface area contributed by atoms with Crippen molar-refractivity contribution in [3.8, 4) is 0 Å². The number of piperazine rings is 1. The van der Waals surface area contributed by atoms with Gasteiger partial charge in [0.25, 0.3) is 5.56 Å². The summed E-state index contributed by atoms with van der Waals surface area (Å²) in [5, 5.41) is 3.61. The first-order valence-electron chi connectivity index (χ1n) is 10.4. The van der Waals surface area contributed by atoms with E-state index in [1.807, 2.05) is 47.4 Å². The lowest BCUT2D eigenvalue weighted by Crippen LogP contribution is -2.51. The first kappa shape index (κ1) is 21.0. The predicted octanol–water partition coefficient (Wildman–Crippen LogP) is 2.10. The Balaban J connectivity index is 1.30. The second-order valence-corrected chi connectivity index (χ2v) is 7.65. The number of nitrogens with one attached hydrogen (secondary N) is 2. The summed E-state index contributed by atoms with van der Waals surface area (Å²) in [7, 11) is 1.66. The number of para-hydroxylation sites is 1. The molecule has 1 aliphatic rings. The summed E-state index contributed by atoms with van der Waals surface area (Å²) in [6.07, 6.45) is 0. The van der Waals surface area contributed by atoms with Crippen molar-refractivity contribution in [1.82, 2.24) is 25.1 Å². The molecule has 2 aromatic carbocycles. The Morgan fingerprint density at radius 2 is 1.77 bits per heavy atom. The molecule has 8 nitrogen and oxygen atoms in total. The molecule has 3 aromatic rings. The van der Waals surface area contributed by atoms with Gasteiger partial charge in [-0.2, -0.15) is 0 Å². The summed E-state index contributed by atoms with van der Waals surface area (Å²) >= 11 is 0. The minimum Gasteiger partial charge on any atom is -0.380 e. The Morgan fingerprint density at radius 1 is 1.06 bits per heavy atom. The van der Waals surface area contributed by atoms with Gasteiger partial charge < -0.3 is 19.9 Å². The number of aromatic nitrogens is 2. The van der Waals surface area contributed by atoms with Crippen LogP contribution < -0.4 is 10.9 Å². The Bertz CT molecular complexity index is 1110. The number of H-pyrrole nitrogens is 1. The number of urea groups is 1. The number of rotatable bonds is 6. The zero-order valence-corrected chi connectivity index (χ0v) is 17.6. The van der Waals surface area contributed by atoms with Gasteiger partial charge in [-0.05, 0) is 23.3 Å². The van der Waals surface area contributed by atoms with E-state index >= 15 is 0 Å². The van der Waals surface area contributed by atoms with Gasteiger partial charge in [-0.1, -0.05) is 36.4 Å². The second kappa shape index (κ2) is 9.72. The van der Waals surface area contributed by atoms with Gasteiger partial charge in [-0.15, -0.1) is 0 Å². The predicted molar refractivity (Wildman–Crippen MR) is 119 cm³/mol. The van der Waals surface area contributed by atoms with Gasteiger partial charge in [0.2, 0.25) is 0 Å². The molecule has 0 aliphatic carbocycles. The van der Waals surface area contributed by atoms with Crippen LogP contribution in [-0.2, 0) is 24.4 Å². The highest BCUT2D eigenvalue weighted by Crippen LogP contribution is 2.11. The average Bonchev–Trinajstić information content (AvgIpc) is 2.79. The third kappa shape index (κ3) is 5.10. The van der Waals surface area contributed by atoms with Crippen molar-refractivity contribution in [2.75, 3.05) is 33.3 Å². The Morgan fingerprint density at radius 3 is 2.55 bits per heavy atom. The molecule has 8 heteroatoms. The molecule has 0 unspecified atom stereocenters. The Hall–Kier alpha value is -3.23. The van der Waals surface area contributed by atoms with Crippen LogP contribution in [-0.4, -0.2) is 59.1 Å². The first-order chi connectivity index (χ1) is 15.1. The molecule has 2 N–H and O–H groups in total. The molecule has 0 radical (unpaired) electrons. The number of benzene rings is 2. The zero-order chi connectivity index (χ0) is 21.6. The zero-order valence-electron chi connectivity index (χ0n) is 17.6. The van der Waals surface area contributed by atoms with Crippen LogP contribution in [0.2, 0.25) is 0 Å². The van der Waals surface area contributed by atoms with Crippen LogP contribution in [0.1, 0.15) is 17.0 Å². The van der Waals surface area contributed by atoms with Crippen LogP contribution >= 0.6 is 0 Å². The van der Waals surface area contributed by atoms with Crippen molar-refractivity contribution >= 4 is 16.9 Å². The second-order valence-electron chi connectivity index (χ2n) is 7.65. The maximum atomic E-state index is 12.6. The van der Waals surface area contributed by atoms with Crippen molar-refractivity contribution in [1.29, 1.82) is 0 Å². The number of nitrogens with zero attached hydrogens (tertiary/aromatic N) is 3. The third-order valence-electron chi connectivity index (χ3n) is 5.54. The van der Waals surface area contributed by atoms with E-state index in [9.17, 15) is 9.59 Å². The molecule has 0 spiro atoms. The third-order valence-corrected chi connectivity index (χ3v) is 5.54. The highest BCUT2D eigenvalue weighted by Gasteiger charge is 2.21. The molecule has 0 atom stereocenters. The van der Waals surface area contributed by atoms with Crippen molar-refractivity contribution in [3.05, 3.63) is 75.8 Å². The van der Waals surface area contributed by atoms with E-state index in [1.54, 1.807) is 13.2 Å². The van der Waals surface area contributed by atoms with E-state index in [4.69, 9.17) is 4.74 Å². The minimum atomic E-state index is -0.118. The maximum Gasteiger partial charge on any atom is 0.317 e. The SMILES string of the molecule is COCc1ccccc1CNC(=O)N1CCN(Cc2nc3ccccc3c(=O)[nH]2)CC1. The van der Waals surface area contributed by atoms with E-state index in [0.29, 0.717) is 49.5 Å². The van der Waals surface area contributed by atoms with Crippen molar-refractivity contribution in [2.45, 2.75) is 19.7 Å². The number of amides is 2. The summed E-state index contributed by atoms with van der Waals surface area (Å²) in [5.41, 5.74) is 2.72. The number of hydrogen-bond donors (Lipinski definition) is 2. The van der Waals surface area contributed by atoms with E-state index in [-0.39, 0.29) is 11.6 Å². The van der Waals surface area contributed by atoms with Gasteiger partial charge in [-0.25, -0.2) is 9.78 Å².